The van der Waals surface area contributed by atoms with Crippen LogP contribution in [0.4, 0.5) is 4.79 Å². The first-order valence-electron chi connectivity index (χ1n) is 7.03. The summed E-state index contributed by atoms with van der Waals surface area (Å²) < 4.78 is 0. The van der Waals surface area contributed by atoms with Crippen LogP contribution in [0.15, 0.2) is 0 Å². The van der Waals surface area contributed by atoms with Gasteiger partial charge in [0.15, 0.2) is 0 Å². The van der Waals surface area contributed by atoms with Gasteiger partial charge in [-0.1, -0.05) is 12.8 Å². The number of carbonyl (C=O) groups is 3. The Morgan fingerprint density at radius 2 is 1.90 bits per heavy atom. The number of rotatable bonds is 4. The summed E-state index contributed by atoms with van der Waals surface area (Å²) >= 11 is 0. The van der Waals surface area contributed by atoms with E-state index in [2.05, 4.69) is 5.32 Å². The van der Waals surface area contributed by atoms with Gasteiger partial charge in [0.2, 0.25) is 5.91 Å². The lowest BCUT2D eigenvalue weighted by atomic mass is 9.93. The Morgan fingerprint density at radius 3 is 2.45 bits per heavy atom. The van der Waals surface area contributed by atoms with Crippen molar-refractivity contribution in [1.29, 1.82) is 0 Å². The Hall–Kier alpha value is -1.79. The third kappa shape index (κ3) is 3.02. The van der Waals surface area contributed by atoms with Crippen LogP contribution in [-0.2, 0) is 9.59 Å². The lowest BCUT2D eigenvalue weighted by Gasteiger charge is -2.32. The molecule has 1 aliphatic carbocycles. The molecule has 2 aliphatic rings. The molecule has 0 aromatic rings. The fourth-order valence-corrected chi connectivity index (χ4v) is 3.29. The van der Waals surface area contributed by atoms with E-state index in [1.165, 1.54) is 4.90 Å². The van der Waals surface area contributed by atoms with Gasteiger partial charge in [-0.2, -0.15) is 0 Å². The van der Waals surface area contributed by atoms with Gasteiger partial charge in [-0.3, -0.25) is 9.59 Å². The van der Waals surface area contributed by atoms with Gasteiger partial charge in [0.1, 0.15) is 6.04 Å². The number of nitrogens with one attached hydrogen (secondary N) is 1. The number of likely N-dealkylation sites (tertiary alicyclic amines) is 1. The van der Waals surface area contributed by atoms with Gasteiger partial charge in [0.05, 0.1) is 12.0 Å². The summed E-state index contributed by atoms with van der Waals surface area (Å²) in [5.41, 5.74) is 4.62. The van der Waals surface area contributed by atoms with E-state index in [1.807, 2.05) is 0 Å². The Morgan fingerprint density at radius 1 is 1.25 bits per heavy atom. The summed E-state index contributed by atoms with van der Waals surface area (Å²) in [6.45, 7) is 0.489. The number of nitrogens with two attached hydrogens (primary N) is 1. The van der Waals surface area contributed by atoms with Gasteiger partial charge < -0.3 is 21.1 Å². The van der Waals surface area contributed by atoms with Crippen molar-refractivity contribution in [1.82, 2.24) is 10.2 Å². The van der Waals surface area contributed by atoms with Gasteiger partial charge in [-0.15, -0.1) is 0 Å². The van der Waals surface area contributed by atoms with E-state index < -0.39 is 23.5 Å². The summed E-state index contributed by atoms with van der Waals surface area (Å²) in [5.74, 6) is -1.42. The first kappa shape index (κ1) is 14.6. The molecule has 0 spiro atoms. The number of carboxylic acid groups (broad SMARTS) is 1. The Kier molecular flexibility index (Phi) is 4.15. The second-order valence-electron chi connectivity index (χ2n) is 5.74. The molecule has 7 heteroatoms. The second-order valence-corrected chi connectivity index (χ2v) is 5.74. The lowest BCUT2D eigenvalue weighted by Crippen LogP contribution is -2.55. The van der Waals surface area contributed by atoms with Crippen LogP contribution >= 0.6 is 0 Å². The molecule has 1 heterocycles. The number of nitrogens with zero attached hydrogens (tertiary/aromatic N) is 1. The highest BCUT2D eigenvalue weighted by Crippen LogP contribution is 2.33. The SMILES string of the molecule is NC(=O)C1CCCN1C(=O)NC1(CC(=O)O)CCCC1. The van der Waals surface area contributed by atoms with Crippen LogP contribution in [0, 0.1) is 0 Å². The van der Waals surface area contributed by atoms with E-state index in [9.17, 15) is 14.4 Å². The Bertz CT molecular complexity index is 418. The zero-order valence-electron chi connectivity index (χ0n) is 11.4. The molecule has 0 aromatic carbocycles. The van der Waals surface area contributed by atoms with Crippen molar-refractivity contribution >= 4 is 17.9 Å². The van der Waals surface area contributed by atoms with Gasteiger partial charge in [-0.25, -0.2) is 4.79 Å². The molecule has 1 saturated heterocycles. The average Bonchev–Trinajstić information content (AvgIpc) is 2.96. The fourth-order valence-electron chi connectivity index (χ4n) is 3.29. The van der Waals surface area contributed by atoms with E-state index in [0.29, 0.717) is 25.8 Å². The molecule has 4 N–H and O–H groups in total. The maximum atomic E-state index is 12.3. The molecule has 7 nitrogen and oxygen atoms in total. The van der Waals surface area contributed by atoms with E-state index >= 15 is 0 Å². The number of carboxylic acids is 1. The first-order chi connectivity index (χ1) is 9.43. The number of amides is 3. The second kappa shape index (κ2) is 5.68. The smallest absolute Gasteiger partial charge is 0.318 e. The van der Waals surface area contributed by atoms with Crippen molar-refractivity contribution in [3.05, 3.63) is 0 Å². The van der Waals surface area contributed by atoms with Gasteiger partial charge >= 0.3 is 12.0 Å². The summed E-state index contributed by atoms with van der Waals surface area (Å²) in [6.07, 6.45) is 4.40. The predicted octanol–water partition coefficient (Wildman–Crippen LogP) is 0.433. The number of aliphatic carboxylic acids is 1. The van der Waals surface area contributed by atoms with E-state index in [1.54, 1.807) is 0 Å². The van der Waals surface area contributed by atoms with Crippen LogP contribution in [0.2, 0.25) is 0 Å². The van der Waals surface area contributed by atoms with Crippen molar-refractivity contribution in [2.75, 3.05) is 6.54 Å². The minimum Gasteiger partial charge on any atom is -0.481 e. The third-order valence-corrected chi connectivity index (χ3v) is 4.26. The van der Waals surface area contributed by atoms with E-state index in [0.717, 1.165) is 19.3 Å². The topological polar surface area (TPSA) is 113 Å². The van der Waals surface area contributed by atoms with Crippen LogP contribution in [-0.4, -0.2) is 46.0 Å². The van der Waals surface area contributed by atoms with Crippen LogP contribution in [0.3, 0.4) is 0 Å². The van der Waals surface area contributed by atoms with Crippen LogP contribution in [0.5, 0.6) is 0 Å². The van der Waals surface area contributed by atoms with Crippen LogP contribution < -0.4 is 11.1 Å². The minimum absolute atomic E-state index is 0.0756. The van der Waals surface area contributed by atoms with Crippen molar-refractivity contribution < 1.29 is 19.5 Å². The van der Waals surface area contributed by atoms with Crippen molar-refractivity contribution in [3.8, 4) is 0 Å². The molecule has 1 unspecified atom stereocenters. The zero-order valence-corrected chi connectivity index (χ0v) is 11.4. The molecule has 2 rings (SSSR count). The summed E-state index contributed by atoms with van der Waals surface area (Å²) in [7, 11) is 0. The molecule has 0 bridgehead atoms. The maximum absolute atomic E-state index is 12.3. The molecule has 0 radical (unpaired) electrons. The maximum Gasteiger partial charge on any atom is 0.318 e. The molecular weight excluding hydrogens is 262 g/mol. The lowest BCUT2D eigenvalue weighted by molar-refractivity contribution is -0.138. The molecule has 2 fully saturated rings. The summed E-state index contributed by atoms with van der Waals surface area (Å²) in [4.78, 5) is 36.1. The molecular formula is C13H21N3O4. The first-order valence-corrected chi connectivity index (χ1v) is 7.03. The number of hydrogen-bond donors (Lipinski definition) is 3. The fraction of sp³-hybridized carbons (Fsp3) is 0.769. The third-order valence-electron chi connectivity index (χ3n) is 4.26. The normalized spacial score (nSPS) is 24.6. The largest absolute Gasteiger partial charge is 0.481 e. The molecule has 112 valence electrons. The molecule has 20 heavy (non-hydrogen) atoms. The quantitative estimate of drug-likeness (QED) is 0.694. The molecule has 1 aliphatic heterocycles. The van der Waals surface area contributed by atoms with E-state index in [4.69, 9.17) is 10.8 Å². The average molecular weight is 283 g/mol. The zero-order chi connectivity index (χ0) is 14.8. The van der Waals surface area contributed by atoms with Crippen LogP contribution in [0.1, 0.15) is 44.9 Å². The number of primary amides is 1. The van der Waals surface area contributed by atoms with Crippen molar-refractivity contribution in [2.45, 2.75) is 56.5 Å². The van der Waals surface area contributed by atoms with E-state index in [-0.39, 0.29) is 12.5 Å². The number of hydrogen-bond acceptors (Lipinski definition) is 3. The standard InChI is InChI=1S/C13H21N3O4/c14-11(19)9-4-3-7-16(9)12(20)15-13(8-10(17)18)5-1-2-6-13/h9H,1-8H2,(H2,14,19)(H,15,20)(H,17,18). The highest BCUT2D eigenvalue weighted by Gasteiger charge is 2.41. The van der Waals surface area contributed by atoms with Gasteiger partial charge in [0, 0.05) is 6.54 Å². The van der Waals surface area contributed by atoms with Crippen molar-refractivity contribution in [3.63, 3.8) is 0 Å². The summed E-state index contributed by atoms with van der Waals surface area (Å²) in [6, 6.07) is -0.937. The number of urea groups is 1. The highest BCUT2D eigenvalue weighted by molar-refractivity contribution is 5.87. The van der Waals surface area contributed by atoms with Crippen molar-refractivity contribution in [2.24, 2.45) is 5.73 Å². The minimum atomic E-state index is -0.917. The molecule has 0 aromatic heterocycles. The predicted molar refractivity (Wildman–Crippen MR) is 70.9 cm³/mol. The molecule has 1 atom stereocenters. The Balaban J connectivity index is 2.05. The Labute approximate surface area is 117 Å². The monoisotopic (exact) mass is 283 g/mol. The molecule has 1 saturated carbocycles. The van der Waals surface area contributed by atoms with Gasteiger partial charge in [-0.05, 0) is 25.7 Å². The summed E-state index contributed by atoms with van der Waals surface area (Å²) in [5, 5.41) is 11.9. The van der Waals surface area contributed by atoms with Crippen LogP contribution in [0.25, 0.3) is 0 Å². The van der Waals surface area contributed by atoms with Gasteiger partial charge in [0.25, 0.3) is 0 Å². The molecule has 3 amide bonds. The highest BCUT2D eigenvalue weighted by atomic mass is 16.4. The number of carbonyl (C=O) groups excluding carboxylic acids is 2.